The highest BCUT2D eigenvalue weighted by Crippen LogP contribution is 2.21. The molecule has 2 rings (SSSR count). The maximum atomic E-state index is 9.22. The van der Waals surface area contributed by atoms with E-state index in [0.29, 0.717) is 11.3 Å². The molecular weight excluding hydrogens is 208 g/mol. The van der Waals surface area contributed by atoms with E-state index in [9.17, 15) is 5.26 Å². The van der Waals surface area contributed by atoms with Crippen molar-refractivity contribution in [3.63, 3.8) is 0 Å². The van der Waals surface area contributed by atoms with Crippen molar-refractivity contribution in [1.29, 1.82) is 5.26 Å². The predicted octanol–water partition coefficient (Wildman–Crippen LogP) is 3.04. The molecule has 0 amide bonds. The first-order valence-corrected chi connectivity index (χ1v) is 5.33. The highest BCUT2D eigenvalue weighted by atomic mass is 14.6. The van der Waals surface area contributed by atoms with Gasteiger partial charge < -0.3 is 5.73 Å². The average Bonchev–Trinajstić information content (AvgIpc) is 2.42. The Labute approximate surface area is 101 Å². The molecule has 0 aromatic heterocycles. The number of nitrogens with two attached hydrogens (primary N) is 1. The van der Waals surface area contributed by atoms with Crippen LogP contribution in [0.5, 0.6) is 0 Å². The summed E-state index contributed by atoms with van der Waals surface area (Å²) in [6.45, 7) is 0. The molecule has 0 heterocycles. The maximum Gasteiger partial charge on any atom is 0.102 e. The summed E-state index contributed by atoms with van der Waals surface area (Å²) >= 11 is 0. The summed E-state index contributed by atoms with van der Waals surface area (Å²) in [5, 5.41) is 9.22. The smallest absolute Gasteiger partial charge is 0.102 e. The summed E-state index contributed by atoms with van der Waals surface area (Å²) in [5.41, 5.74) is 8.78. The van der Waals surface area contributed by atoms with Gasteiger partial charge in [-0.2, -0.15) is 5.26 Å². The van der Waals surface area contributed by atoms with Gasteiger partial charge in [-0.05, 0) is 11.1 Å². The molecule has 2 N–H and O–H groups in total. The molecule has 0 aliphatic carbocycles. The SMILES string of the molecule is N#CC(=C(N)c1ccccc1)c1ccccc1. The Morgan fingerprint density at radius 1 is 0.824 bits per heavy atom. The zero-order chi connectivity index (χ0) is 12.1. The van der Waals surface area contributed by atoms with E-state index in [0.717, 1.165) is 11.1 Å². The third-order valence-corrected chi connectivity index (χ3v) is 2.53. The number of nitrogens with zero attached hydrogens (tertiary/aromatic N) is 1. The molecule has 0 aliphatic heterocycles. The second-order valence-corrected chi connectivity index (χ2v) is 3.63. The fraction of sp³-hybridized carbons (Fsp3) is 0. The van der Waals surface area contributed by atoms with Gasteiger partial charge in [0.05, 0.1) is 11.3 Å². The van der Waals surface area contributed by atoms with E-state index in [4.69, 9.17) is 5.73 Å². The summed E-state index contributed by atoms with van der Waals surface area (Å²) in [5.74, 6) is 0. The van der Waals surface area contributed by atoms with Crippen LogP contribution in [0.4, 0.5) is 0 Å². The van der Waals surface area contributed by atoms with Crippen molar-refractivity contribution in [2.75, 3.05) is 0 Å². The summed E-state index contributed by atoms with van der Waals surface area (Å²) in [4.78, 5) is 0. The van der Waals surface area contributed by atoms with Crippen LogP contribution in [0.25, 0.3) is 11.3 Å². The predicted molar refractivity (Wildman–Crippen MR) is 69.5 cm³/mol. The number of hydrogen-bond acceptors (Lipinski definition) is 2. The minimum atomic E-state index is 0.511. The van der Waals surface area contributed by atoms with E-state index in [1.807, 2.05) is 60.7 Å². The van der Waals surface area contributed by atoms with Gasteiger partial charge >= 0.3 is 0 Å². The average molecular weight is 220 g/mol. The molecule has 82 valence electrons. The summed E-state index contributed by atoms with van der Waals surface area (Å²) in [6, 6.07) is 21.2. The molecule has 2 nitrogen and oxygen atoms in total. The normalized spacial score (nSPS) is 11.5. The van der Waals surface area contributed by atoms with Crippen LogP contribution >= 0.6 is 0 Å². The molecule has 2 aromatic carbocycles. The zero-order valence-corrected chi connectivity index (χ0v) is 9.30. The van der Waals surface area contributed by atoms with E-state index >= 15 is 0 Å². The monoisotopic (exact) mass is 220 g/mol. The van der Waals surface area contributed by atoms with Crippen molar-refractivity contribution in [3.05, 3.63) is 71.8 Å². The van der Waals surface area contributed by atoms with Crippen LogP contribution in [-0.2, 0) is 0 Å². The van der Waals surface area contributed by atoms with Crippen molar-refractivity contribution in [2.24, 2.45) is 5.73 Å². The molecule has 0 fully saturated rings. The van der Waals surface area contributed by atoms with E-state index < -0.39 is 0 Å². The highest BCUT2D eigenvalue weighted by Gasteiger charge is 2.07. The van der Waals surface area contributed by atoms with Crippen molar-refractivity contribution in [3.8, 4) is 6.07 Å². The van der Waals surface area contributed by atoms with Crippen LogP contribution in [-0.4, -0.2) is 0 Å². The molecule has 0 aliphatic rings. The van der Waals surface area contributed by atoms with Crippen molar-refractivity contribution in [1.82, 2.24) is 0 Å². The van der Waals surface area contributed by atoms with Crippen LogP contribution in [0.3, 0.4) is 0 Å². The summed E-state index contributed by atoms with van der Waals surface area (Å²) < 4.78 is 0. The van der Waals surface area contributed by atoms with Gasteiger partial charge in [0.15, 0.2) is 0 Å². The molecule has 0 spiro atoms. The Morgan fingerprint density at radius 3 is 1.76 bits per heavy atom. The first-order chi connectivity index (χ1) is 8.33. The van der Waals surface area contributed by atoms with Gasteiger partial charge in [-0.25, -0.2) is 0 Å². The minimum absolute atomic E-state index is 0.511. The Bertz CT molecular complexity index is 563. The molecule has 0 saturated heterocycles. The van der Waals surface area contributed by atoms with Gasteiger partial charge in [-0.1, -0.05) is 60.7 Å². The third kappa shape index (κ3) is 2.35. The molecule has 2 aromatic rings. The van der Waals surface area contributed by atoms with Crippen LogP contribution in [0.15, 0.2) is 60.7 Å². The Hall–Kier alpha value is -2.53. The number of benzene rings is 2. The largest absolute Gasteiger partial charge is 0.397 e. The highest BCUT2D eigenvalue weighted by molar-refractivity contribution is 5.95. The van der Waals surface area contributed by atoms with E-state index in [-0.39, 0.29) is 0 Å². The Morgan fingerprint density at radius 2 is 1.29 bits per heavy atom. The molecule has 0 saturated carbocycles. The quantitative estimate of drug-likeness (QED) is 0.624. The van der Waals surface area contributed by atoms with Crippen molar-refractivity contribution < 1.29 is 0 Å². The number of hydrogen-bond donors (Lipinski definition) is 1. The first-order valence-electron chi connectivity index (χ1n) is 5.33. The lowest BCUT2D eigenvalue weighted by Gasteiger charge is -2.05. The Balaban J connectivity index is 2.53. The van der Waals surface area contributed by atoms with Crippen LogP contribution < -0.4 is 5.73 Å². The molecule has 0 unspecified atom stereocenters. The Kier molecular flexibility index (Phi) is 3.23. The number of rotatable bonds is 2. The van der Waals surface area contributed by atoms with Gasteiger partial charge in [0.1, 0.15) is 6.07 Å². The van der Waals surface area contributed by atoms with Gasteiger partial charge in [0.25, 0.3) is 0 Å². The topological polar surface area (TPSA) is 49.8 Å². The molecule has 17 heavy (non-hydrogen) atoms. The van der Waals surface area contributed by atoms with Crippen molar-refractivity contribution >= 4 is 11.3 Å². The molecule has 0 radical (unpaired) electrons. The second kappa shape index (κ2) is 5.00. The zero-order valence-electron chi connectivity index (χ0n) is 9.30. The summed E-state index contributed by atoms with van der Waals surface area (Å²) in [7, 11) is 0. The second-order valence-electron chi connectivity index (χ2n) is 3.63. The van der Waals surface area contributed by atoms with E-state index in [1.54, 1.807) is 0 Å². The lowest BCUT2D eigenvalue weighted by Crippen LogP contribution is -2.00. The number of allylic oxidation sites excluding steroid dienone is 1. The molecule has 2 heteroatoms. The van der Waals surface area contributed by atoms with Crippen LogP contribution in [0.1, 0.15) is 11.1 Å². The third-order valence-electron chi connectivity index (χ3n) is 2.53. The van der Waals surface area contributed by atoms with Crippen LogP contribution in [0.2, 0.25) is 0 Å². The van der Waals surface area contributed by atoms with Gasteiger partial charge in [0.2, 0.25) is 0 Å². The lowest BCUT2D eigenvalue weighted by atomic mass is 10.0. The van der Waals surface area contributed by atoms with Crippen LogP contribution in [0, 0.1) is 11.3 Å². The number of nitriles is 1. The van der Waals surface area contributed by atoms with Gasteiger partial charge in [-0.3, -0.25) is 0 Å². The fourth-order valence-corrected chi connectivity index (χ4v) is 1.65. The molecule has 0 bridgehead atoms. The van der Waals surface area contributed by atoms with Gasteiger partial charge in [-0.15, -0.1) is 0 Å². The lowest BCUT2D eigenvalue weighted by molar-refractivity contribution is 1.48. The van der Waals surface area contributed by atoms with Crippen molar-refractivity contribution in [2.45, 2.75) is 0 Å². The maximum absolute atomic E-state index is 9.22. The van der Waals surface area contributed by atoms with Gasteiger partial charge in [0, 0.05) is 0 Å². The molecule has 0 atom stereocenters. The standard InChI is InChI=1S/C15H12N2/c16-11-14(12-7-3-1-4-8-12)15(17)13-9-5-2-6-10-13/h1-10H,17H2. The first kappa shape index (κ1) is 11.0. The van der Waals surface area contributed by atoms with E-state index in [1.165, 1.54) is 0 Å². The summed E-state index contributed by atoms with van der Waals surface area (Å²) in [6.07, 6.45) is 0. The molecular formula is C15H12N2. The fourth-order valence-electron chi connectivity index (χ4n) is 1.65. The minimum Gasteiger partial charge on any atom is -0.397 e. The van der Waals surface area contributed by atoms with E-state index in [2.05, 4.69) is 6.07 Å².